The minimum atomic E-state index is -0.876. The Balaban J connectivity index is 1.91. The molecule has 2 fully saturated rings. The van der Waals surface area contributed by atoms with Gasteiger partial charge >= 0.3 is 0 Å². The molecular formula is C17H14Cl3FN2O3. The van der Waals surface area contributed by atoms with Gasteiger partial charge in [0, 0.05) is 5.39 Å². The van der Waals surface area contributed by atoms with Crippen LogP contribution in [-0.2, 0) is 14.2 Å². The highest BCUT2D eigenvalue weighted by molar-refractivity contribution is 6.43. The second-order valence-electron chi connectivity index (χ2n) is 6.72. The van der Waals surface area contributed by atoms with Crippen molar-refractivity contribution in [2.24, 2.45) is 0 Å². The molecule has 1 aromatic heterocycles. The number of hydrogen-bond donors (Lipinski definition) is 0. The van der Waals surface area contributed by atoms with Crippen molar-refractivity contribution >= 4 is 45.7 Å². The molecule has 0 amide bonds. The van der Waals surface area contributed by atoms with E-state index in [4.69, 9.17) is 49.0 Å². The molecule has 0 radical (unpaired) electrons. The fourth-order valence-electron chi connectivity index (χ4n) is 3.62. The average molecular weight is 420 g/mol. The van der Waals surface area contributed by atoms with Crippen LogP contribution in [0.1, 0.15) is 25.6 Å². The molecule has 0 saturated carbocycles. The Labute approximate surface area is 164 Å². The van der Waals surface area contributed by atoms with Gasteiger partial charge in [0.15, 0.2) is 12.0 Å². The zero-order valence-corrected chi connectivity index (χ0v) is 16.1. The summed E-state index contributed by atoms with van der Waals surface area (Å²) in [6, 6.07) is 5.26. The van der Waals surface area contributed by atoms with E-state index >= 15 is 0 Å². The van der Waals surface area contributed by atoms with Crippen molar-refractivity contribution in [3.63, 3.8) is 0 Å². The van der Waals surface area contributed by atoms with E-state index in [1.54, 1.807) is 30.5 Å². The summed E-state index contributed by atoms with van der Waals surface area (Å²) in [5, 5.41) is 10.8. The highest BCUT2D eigenvalue weighted by atomic mass is 35.5. The van der Waals surface area contributed by atoms with Gasteiger partial charge in [-0.25, -0.2) is 4.39 Å². The molecule has 1 aromatic carbocycles. The average Bonchev–Trinajstić information content (AvgIpc) is 3.14. The smallest absolute Gasteiger partial charge is 0.164 e. The number of fused-ring (bicyclic) bond motifs is 2. The fraction of sp³-hybridized carbons (Fsp3) is 0.471. The Bertz CT molecular complexity index is 940. The summed E-state index contributed by atoms with van der Waals surface area (Å²) in [7, 11) is 0. The maximum absolute atomic E-state index is 13.5. The largest absolute Gasteiger partial charge is 0.346 e. The zero-order valence-electron chi connectivity index (χ0n) is 13.8. The molecule has 26 heavy (non-hydrogen) atoms. The van der Waals surface area contributed by atoms with E-state index in [1.807, 2.05) is 0 Å². The number of benzene rings is 1. The third-order valence-electron chi connectivity index (χ3n) is 4.63. The maximum Gasteiger partial charge on any atom is 0.164 e. The van der Waals surface area contributed by atoms with Crippen molar-refractivity contribution in [3.05, 3.63) is 32.9 Å². The lowest BCUT2D eigenvalue weighted by Gasteiger charge is -2.25. The number of alkyl halides is 1. The van der Waals surface area contributed by atoms with Gasteiger partial charge in [0.25, 0.3) is 0 Å². The predicted molar refractivity (Wildman–Crippen MR) is 95.4 cm³/mol. The van der Waals surface area contributed by atoms with Crippen LogP contribution in [0.3, 0.4) is 0 Å². The van der Waals surface area contributed by atoms with Crippen molar-refractivity contribution in [2.75, 3.05) is 6.67 Å². The van der Waals surface area contributed by atoms with E-state index < -0.39 is 37.0 Å². The quantitative estimate of drug-likeness (QED) is 0.697. The van der Waals surface area contributed by atoms with E-state index in [0.717, 1.165) is 0 Å². The Morgan fingerprint density at radius 3 is 2.50 bits per heavy atom. The van der Waals surface area contributed by atoms with Crippen LogP contribution in [0.15, 0.2) is 12.1 Å². The minimum Gasteiger partial charge on any atom is -0.346 e. The summed E-state index contributed by atoms with van der Waals surface area (Å²) in [4.78, 5) is 0. The first-order valence-corrected chi connectivity index (χ1v) is 9.06. The number of rotatable bonds is 2. The monoisotopic (exact) mass is 418 g/mol. The minimum absolute atomic E-state index is 0.150. The number of halogens is 4. The van der Waals surface area contributed by atoms with Crippen molar-refractivity contribution in [3.8, 4) is 6.07 Å². The molecular weight excluding hydrogens is 406 g/mol. The van der Waals surface area contributed by atoms with Crippen LogP contribution >= 0.6 is 34.8 Å². The molecule has 3 heterocycles. The number of nitriles is 1. The zero-order chi connectivity index (χ0) is 18.8. The standard InChI is InChI=1S/C17H14Cl3FN2O3/c1-17(2)25-13-12(5-21)24-16(14(13)26-17)23-11-4-10(19)9(18)3-7(11)8(6-22)15(23)20/h3-4,12-14,16H,5H2,1-2H3/t12-,13?,14?,16-/m1/s1. The number of hydrogen-bond acceptors (Lipinski definition) is 4. The lowest BCUT2D eigenvalue weighted by Crippen LogP contribution is -2.30. The lowest BCUT2D eigenvalue weighted by molar-refractivity contribution is -0.197. The molecule has 2 aromatic rings. The van der Waals surface area contributed by atoms with Crippen LogP contribution < -0.4 is 0 Å². The normalized spacial score (nSPS) is 29.9. The summed E-state index contributed by atoms with van der Waals surface area (Å²) in [6.45, 7) is 2.78. The van der Waals surface area contributed by atoms with Crippen molar-refractivity contribution in [1.82, 2.24) is 4.57 Å². The Hall–Kier alpha value is -1.07. The third-order valence-corrected chi connectivity index (χ3v) is 5.72. The molecule has 0 N–H and O–H groups in total. The van der Waals surface area contributed by atoms with Crippen LogP contribution in [0, 0.1) is 11.3 Å². The van der Waals surface area contributed by atoms with Gasteiger partial charge in [0.1, 0.15) is 36.2 Å². The highest BCUT2D eigenvalue weighted by Crippen LogP contribution is 2.47. The molecule has 4 rings (SSSR count). The number of ether oxygens (including phenoxy) is 3. The lowest BCUT2D eigenvalue weighted by atomic mass is 10.1. The van der Waals surface area contributed by atoms with E-state index in [1.165, 1.54) is 0 Å². The highest BCUT2D eigenvalue weighted by Gasteiger charge is 2.56. The van der Waals surface area contributed by atoms with Gasteiger partial charge in [-0.3, -0.25) is 0 Å². The fourth-order valence-corrected chi connectivity index (χ4v) is 4.27. The molecule has 0 aliphatic carbocycles. The molecule has 4 atom stereocenters. The third kappa shape index (κ3) is 2.62. The van der Waals surface area contributed by atoms with Crippen molar-refractivity contribution < 1.29 is 18.6 Å². The van der Waals surface area contributed by atoms with Gasteiger partial charge in [-0.05, 0) is 26.0 Å². The molecule has 5 nitrogen and oxygen atoms in total. The summed E-state index contributed by atoms with van der Waals surface area (Å²) in [5.41, 5.74) is 0.791. The van der Waals surface area contributed by atoms with Crippen LogP contribution in [-0.4, -0.2) is 35.3 Å². The Kier molecular flexibility index (Phi) is 4.39. The molecule has 0 spiro atoms. The van der Waals surface area contributed by atoms with Crippen molar-refractivity contribution in [1.29, 1.82) is 5.26 Å². The van der Waals surface area contributed by atoms with Gasteiger partial charge < -0.3 is 18.8 Å². The summed E-state index contributed by atoms with van der Waals surface area (Å²) in [6.07, 6.45) is -2.73. The van der Waals surface area contributed by atoms with Gasteiger partial charge in [-0.1, -0.05) is 34.8 Å². The van der Waals surface area contributed by atoms with E-state index in [-0.39, 0.29) is 10.7 Å². The van der Waals surface area contributed by atoms with Crippen molar-refractivity contribution in [2.45, 2.75) is 44.2 Å². The summed E-state index contributed by atoms with van der Waals surface area (Å²) < 4.78 is 32.7. The molecule has 2 saturated heterocycles. The maximum atomic E-state index is 13.5. The second kappa shape index (κ2) is 6.23. The van der Waals surface area contributed by atoms with Crippen LogP contribution in [0.5, 0.6) is 0 Å². The SMILES string of the molecule is CC1(C)OC2C(O1)[C@@H](CF)O[C@H]2n1c(Cl)c(C#N)c2cc(Cl)c(Cl)cc21. The molecule has 0 bridgehead atoms. The summed E-state index contributed by atoms with van der Waals surface area (Å²) >= 11 is 18.7. The number of aromatic nitrogens is 1. The predicted octanol–water partition coefficient (Wildman–Crippen LogP) is 4.86. The first-order valence-electron chi connectivity index (χ1n) is 7.93. The van der Waals surface area contributed by atoms with Gasteiger partial charge in [-0.2, -0.15) is 5.26 Å². The molecule has 2 aliphatic heterocycles. The Morgan fingerprint density at radius 2 is 1.85 bits per heavy atom. The first-order chi connectivity index (χ1) is 12.3. The van der Waals surface area contributed by atoms with E-state index in [9.17, 15) is 9.65 Å². The topological polar surface area (TPSA) is 56.4 Å². The molecule has 2 unspecified atom stereocenters. The van der Waals surface area contributed by atoms with Gasteiger partial charge in [0.2, 0.25) is 0 Å². The van der Waals surface area contributed by atoms with Gasteiger partial charge in [0.05, 0.1) is 21.1 Å². The molecule has 138 valence electrons. The molecule has 9 heteroatoms. The molecule has 2 aliphatic rings. The Morgan fingerprint density at radius 1 is 1.19 bits per heavy atom. The number of nitrogens with zero attached hydrogens (tertiary/aromatic N) is 2. The van der Waals surface area contributed by atoms with Gasteiger partial charge in [-0.15, -0.1) is 0 Å². The van der Waals surface area contributed by atoms with Crippen LogP contribution in [0.2, 0.25) is 15.2 Å². The summed E-state index contributed by atoms with van der Waals surface area (Å²) in [5.74, 6) is -0.876. The first kappa shape index (κ1) is 18.3. The van der Waals surface area contributed by atoms with Crippen LogP contribution in [0.25, 0.3) is 10.9 Å². The van der Waals surface area contributed by atoms with Crippen LogP contribution in [0.4, 0.5) is 4.39 Å². The van der Waals surface area contributed by atoms with E-state index in [2.05, 4.69) is 6.07 Å². The second-order valence-corrected chi connectivity index (χ2v) is 7.89. The van der Waals surface area contributed by atoms with E-state index in [0.29, 0.717) is 20.9 Å².